The zero-order valence-corrected chi connectivity index (χ0v) is 50.6. The first-order valence-corrected chi connectivity index (χ1v) is 32.2. The summed E-state index contributed by atoms with van der Waals surface area (Å²) in [4.78, 5) is 38.3. The Labute approximate surface area is 481 Å². The molecule has 0 aromatic carbocycles. The van der Waals surface area contributed by atoms with E-state index in [9.17, 15) is 14.4 Å². The number of allylic oxidation sites excluding steroid dienone is 22. The number of rotatable bonds is 57. The third-order valence-electron chi connectivity index (χ3n) is 13.4. The lowest BCUT2D eigenvalue weighted by Crippen LogP contribution is -2.30. The summed E-state index contributed by atoms with van der Waals surface area (Å²) in [6.07, 6.45) is 92.0. The highest BCUT2D eigenvalue weighted by molar-refractivity contribution is 5.71. The maximum Gasteiger partial charge on any atom is 0.306 e. The van der Waals surface area contributed by atoms with Crippen LogP contribution in [0.4, 0.5) is 0 Å². The zero-order valence-electron chi connectivity index (χ0n) is 50.6. The van der Waals surface area contributed by atoms with Crippen molar-refractivity contribution in [1.82, 2.24) is 0 Å². The third-order valence-corrected chi connectivity index (χ3v) is 13.4. The van der Waals surface area contributed by atoms with Crippen molar-refractivity contribution in [3.63, 3.8) is 0 Å². The van der Waals surface area contributed by atoms with Crippen LogP contribution in [0.5, 0.6) is 0 Å². The molecule has 0 aromatic heterocycles. The van der Waals surface area contributed by atoms with Crippen LogP contribution in [-0.4, -0.2) is 37.2 Å². The maximum absolute atomic E-state index is 12.9. The highest BCUT2D eigenvalue weighted by Crippen LogP contribution is 2.17. The number of carbonyl (C=O) groups excluding carboxylic acids is 3. The maximum atomic E-state index is 12.9. The van der Waals surface area contributed by atoms with E-state index in [1.54, 1.807) is 0 Å². The van der Waals surface area contributed by atoms with E-state index in [2.05, 4.69) is 142 Å². The second-order valence-corrected chi connectivity index (χ2v) is 20.9. The summed E-state index contributed by atoms with van der Waals surface area (Å²) < 4.78 is 16.8. The highest BCUT2D eigenvalue weighted by Gasteiger charge is 2.19. The number of unbranched alkanes of at least 4 members (excludes halogenated alkanes) is 24. The van der Waals surface area contributed by atoms with Crippen molar-refractivity contribution in [1.29, 1.82) is 0 Å². The van der Waals surface area contributed by atoms with Gasteiger partial charge in [0.15, 0.2) is 6.10 Å². The molecule has 0 aliphatic heterocycles. The van der Waals surface area contributed by atoms with Gasteiger partial charge in [-0.25, -0.2) is 0 Å². The molecule has 0 spiro atoms. The monoisotopic (exact) mass is 1080 g/mol. The largest absolute Gasteiger partial charge is 0.462 e. The van der Waals surface area contributed by atoms with Gasteiger partial charge in [0.05, 0.1) is 0 Å². The number of esters is 3. The van der Waals surface area contributed by atoms with Crippen LogP contribution in [0, 0.1) is 0 Å². The van der Waals surface area contributed by atoms with Gasteiger partial charge in [0.25, 0.3) is 0 Å². The molecule has 78 heavy (non-hydrogen) atoms. The lowest BCUT2D eigenvalue weighted by molar-refractivity contribution is -0.166. The van der Waals surface area contributed by atoms with Crippen LogP contribution >= 0.6 is 0 Å². The van der Waals surface area contributed by atoms with Crippen molar-refractivity contribution in [3.8, 4) is 0 Å². The molecular weight excluding hydrogens is 961 g/mol. The van der Waals surface area contributed by atoms with E-state index in [-0.39, 0.29) is 38.0 Å². The topological polar surface area (TPSA) is 78.9 Å². The first-order valence-electron chi connectivity index (χ1n) is 32.2. The molecule has 0 fully saturated rings. The molecule has 0 rings (SSSR count). The SMILES string of the molecule is CC/C=C\C/C=C\C/C=C\C/C=C\C/C=C\C/C=C\CCC(=O)OC(COC(=O)CCC/C=C\C/C=C\C/C=C\C/C=C\C/C=C\CC)COC(=O)CCCCCCCCCCCCCCCCCCCCCCCCCC. The van der Waals surface area contributed by atoms with E-state index in [0.29, 0.717) is 19.3 Å². The average Bonchev–Trinajstić information content (AvgIpc) is 3.44. The lowest BCUT2D eigenvalue weighted by Gasteiger charge is -2.18. The number of ether oxygens (including phenoxy) is 3. The summed E-state index contributed by atoms with van der Waals surface area (Å²) in [5.41, 5.74) is 0. The molecule has 0 heterocycles. The molecule has 0 aliphatic rings. The first-order chi connectivity index (χ1) is 38.5. The molecule has 0 saturated heterocycles. The van der Waals surface area contributed by atoms with Crippen molar-refractivity contribution in [2.45, 2.75) is 290 Å². The minimum atomic E-state index is -0.846. The normalized spacial score (nSPS) is 13.0. The Hall–Kier alpha value is -4.45. The summed E-state index contributed by atoms with van der Waals surface area (Å²) >= 11 is 0. The van der Waals surface area contributed by atoms with Gasteiger partial charge in [0, 0.05) is 19.3 Å². The summed E-state index contributed by atoms with van der Waals surface area (Å²) in [5, 5.41) is 0. The van der Waals surface area contributed by atoms with Crippen molar-refractivity contribution >= 4 is 17.9 Å². The zero-order chi connectivity index (χ0) is 56.4. The average molecular weight is 1080 g/mol. The van der Waals surface area contributed by atoms with Crippen LogP contribution < -0.4 is 0 Å². The van der Waals surface area contributed by atoms with Crippen LogP contribution in [0.2, 0.25) is 0 Å². The van der Waals surface area contributed by atoms with Gasteiger partial charge in [-0.1, -0.05) is 302 Å². The highest BCUT2D eigenvalue weighted by atomic mass is 16.6. The summed E-state index contributed by atoms with van der Waals surface area (Å²) in [7, 11) is 0. The third kappa shape index (κ3) is 62.4. The van der Waals surface area contributed by atoms with Crippen LogP contribution in [0.3, 0.4) is 0 Å². The Morgan fingerprint density at radius 3 is 0.833 bits per heavy atom. The molecule has 0 N–H and O–H groups in total. The minimum absolute atomic E-state index is 0.128. The molecule has 1 atom stereocenters. The summed E-state index contributed by atoms with van der Waals surface area (Å²) in [6, 6.07) is 0. The fourth-order valence-corrected chi connectivity index (χ4v) is 8.68. The number of hydrogen-bond acceptors (Lipinski definition) is 6. The van der Waals surface area contributed by atoms with Gasteiger partial charge >= 0.3 is 17.9 Å². The minimum Gasteiger partial charge on any atom is -0.462 e. The molecular formula is C72H118O6. The van der Waals surface area contributed by atoms with E-state index in [0.717, 1.165) is 96.3 Å². The Balaban J connectivity index is 4.49. The molecule has 0 aliphatic carbocycles. The fourth-order valence-electron chi connectivity index (χ4n) is 8.68. The van der Waals surface area contributed by atoms with Gasteiger partial charge in [0.1, 0.15) is 13.2 Å². The number of hydrogen-bond donors (Lipinski definition) is 0. The van der Waals surface area contributed by atoms with Gasteiger partial charge in [-0.3, -0.25) is 14.4 Å². The molecule has 0 bridgehead atoms. The van der Waals surface area contributed by atoms with Crippen molar-refractivity contribution in [2.75, 3.05) is 13.2 Å². The molecule has 442 valence electrons. The Kier molecular flexibility index (Phi) is 61.4. The van der Waals surface area contributed by atoms with E-state index in [1.807, 2.05) is 12.2 Å². The molecule has 0 aromatic rings. The predicted molar refractivity (Wildman–Crippen MR) is 339 cm³/mol. The Morgan fingerprint density at radius 1 is 0.269 bits per heavy atom. The van der Waals surface area contributed by atoms with Crippen LogP contribution in [0.15, 0.2) is 134 Å². The fraction of sp³-hybridized carbons (Fsp3) is 0.653. The standard InChI is InChI=1S/C72H118O6/c1-4-7-10-13-16-19-22-25-28-31-33-34-35-36-37-39-41-44-47-50-53-56-59-62-65-71(74)77-68-69(67-76-70(73)64-61-58-55-52-49-46-43-40-30-27-24-21-18-15-12-9-6-3)78-72(75)66-63-60-57-54-51-48-45-42-38-32-29-26-23-20-17-14-11-8-5-2/h8-9,11-12,17-18,20-21,26-27,29-30,38,42-43,46,48,51-52,55,57,60,69H,4-7,10,13-16,19,22-25,28,31-37,39-41,44-45,47,49-50,53-54,56,58-59,61-68H2,1-3H3/b11-8-,12-9-,20-17-,21-18-,29-26-,30-27-,42-38-,46-43-,51-48-,55-52-,60-57-. The Morgan fingerprint density at radius 2 is 0.526 bits per heavy atom. The van der Waals surface area contributed by atoms with E-state index in [1.165, 1.54) is 135 Å². The lowest BCUT2D eigenvalue weighted by atomic mass is 10.0. The number of carbonyl (C=O) groups is 3. The second kappa shape index (κ2) is 65.1. The van der Waals surface area contributed by atoms with E-state index >= 15 is 0 Å². The van der Waals surface area contributed by atoms with Crippen LogP contribution in [-0.2, 0) is 28.6 Å². The van der Waals surface area contributed by atoms with Gasteiger partial charge in [-0.15, -0.1) is 0 Å². The quantitative estimate of drug-likeness (QED) is 0.0261. The molecule has 1 unspecified atom stereocenters. The summed E-state index contributed by atoms with van der Waals surface area (Å²) in [5.74, 6) is -1.07. The molecule has 0 saturated carbocycles. The van der Waals surface area contributed by atoms with Crippen LogP contribution in [0.25, 0.3) is 0 Å². The van der Waals surface area contributed by atoms with E-state index < -0.39 is 12.1 Å². The van der Waals surface area contributed by atoms with Crippen LogP contribution in [0.1, 0.15) is 284 Å². The first kappa shape index (κ1) is 73.5. The van der Waals surface area contributed by atoms with Crippen molar-refractivity contribution in [3.05, 3.63) is 134 Å². The van der Waals surface area contributed by atoms with Gasteiger partial charge in [-0.2, -0.15) is 0 Å². The smallest absolute Gasteiger partial charge is 0.306 e. The summed E-state index contributed by atoms with van der Waals surface area (Å²) in [6.45, 7) is 6.32. The molecule has 0 radical (unpaired) electrons. The second-order valence-electron chi connectivity index (χ2n) is 20.9. The van der Waals surface area contributed by atoms with E-state index in [4.69, 9.17) is 14.2 Å². The molecule has 0 amide bonds. The molecule has 6 nitrogen and oxygen atoms in total. The van der Waals surface area contributed by atoms with Gasteiger partial charge in [0.2, 0.25) is 0 Å². The van der Waals surface area contributed by atoms with Gasteiger partial charge in [-0.05, 0) is 96.3 Å². The predicted octanol–water partition coefficient (Wildman–Crippen LogP) is 22.2. The van der Waals surface area contributed by atoms with Crippen molar-refractivity contribution in [2.24, 2.45) is 0 Å². The Bertz CT molecular complexity index is 1670. The van der Waals surface area contributed by atoms with Gasteiger partial charge < -0.3 is 14.2 Å². The van der Waals surface area contributed by atoms with Crippen molar-refractivity contribution < 1.29 is 28.6 Å². The molecule has 6 heteroatoms.